The fourth-order valence-electron chi connectivity index (χ4n) is 2.93. The van der Waals surface area contributed by atoms with Gasteiger partial charge in [-0.1, -0.05) is 0 Å². The number of hydrogen-bond acceptors (Lipinski definition) is 5. The molecule has 0 aliphatic carbocycles. The second kappa shape index (κ2) is 6.01. The van der Waals surface area contributed by atoms with Crippen LogP contribution in [0.1, 0.15) is 30.3 Å². The maximum absolute atomic E-state index is 11.8. The van der Waals surface area contributed by atoms with E-state index in [0.717, 1.165) is 35.7 Å². The molecule has 3 heterocycles. The Morgan fingerprint density at radius 1 is 1.26 bits per heavy atom. The number of aromatic nitrogens is 4. The predicted octanol–water partition coefficient (Wildman–Crippen LogP) is 1.32. The molecule has 2 aromatic rings. The van der Waals surface area contributed by atoms with E-state index in [0.29, 0.717) is 13.1 Å². The first-order chi connectivity index (χ1) is 10.9. The Hall–Kier alpha value is -1.80. The van der Waals surface area contributed by atoms with E-state index < -0.39 is 10.0 Å². The summed E-state index contributed by atoms with van der Waals surface area (Å²) in [6.45, 7) is 3.00. The van der Waals surface area contributed by atoms with Crippen molar-refractivity contribution in [1.82, 2.24) is 23.8 Å². The number of aryl methyl sites for hydroxylation is 1. The molecule has 1 fully saturated rings. The fraction of sp³-hybridized carbons (Fsp3) is 0.533. The van der Waals surface area contributed by atoms with Gasteiger partial charge in [-0.3, -0.25) is 4.98 Å². The van der Waals surface area contributed by atoms with Gasteiger partial charge in [0, 0.05) is 32.3 Å². The Morgan fingerprint density at radius 2 is 2.04 bits per heavy atom. The average Bonchev–Trinajstić information content (AvgIpc) is 2.86. The standard InChI is InChI=1S/C15H21N5O2S/c1-11-17-9-15(19(11)2)14-8-16-7-13(18-14)12-5-4-6-20(10-12)23(3,21)22/h7-9,12H,4-6,10H2,1-3H3/t12-/m1/s1. The lowest BCUT2D eigenvalue weighted by atomic mass is 9.96. The van der Waals surface area contributed by atoms with E-state index in [2.05, 4.69) is 9.97 Å². The van der Waals surface area contributed by atoms with E-state index in [1.807, 2.05) is 18.5 Å². The average molecular weight is 335 g/mol. The van der Waals surface area contributed by atoms with Crippen LogP contribution < -0.4 is 0 Å². The van der Waals surface area contributed by atoms with Gasteiger partial charge in [-0.25, -0.2) is 22.7 Å². The molecule has 1 saturated heterocycles. The summed E-state index contributed by atoms with van der Waals surface area (Å²) >= 11 is 0. The van der Waals surface area contributed by atoms with Crippen molar-refractivity contribution in [3.05, 3.63) is 30.1 Å². The van der Waals surface area contributed by atoms with E-state index in [9.17, 15) is 8.42 Å². The molecule has 0 N–H and O–H groups in total. The van der Waals surface area contributed by atoms with Gasteiger partial charge < -0.3 is 4.57 Å². The highest BCUT2D eigenvalue weighted by Gasteiger charge is 2.28. The zero-order chi connectivity index (χ0) is 16.6. The molecule has 1 aliphatic rings. The van der Waals surface area contributed by atoms with Gasteiger partial charge in [0.2, 0.25) is 10.0 Å². The van der Waals surface area contributed by atoms with Gasteiger partial charge in [0.05, 0.1) is 30.0 Å². The highest BCUT2D eigenvalue weighted by atomic mass is 32.2. The molecule has 0 saturated carbocycles. The molecule has 3 rings (SSSR count). The van der Waals surface area contributed by atoms with Crippen molar-refractivity contribution >= 4 is 10.0 Å². The Balaban J connectivity index is 1.89. The van der Waals surface area contributed by atoms with Crippen LogP contribution in [-0.4, -0.2) is 51.6 Å². The molecule has 23 heavy (non-hydrogen) atoms. The molecule has 1 atom stereocenters. The minimum atomic E-state index is -3.16. The summed E-state index contributed by atoms with van der Waals surface area (Å²) in [7, 11) is -1.22. The maximum Gasteiger partial charge on any atom is 0.211 e. The molecule has 0 aromatic carbocycles. The van der Waals surface area contributed by atoms with Crippen LogP contribution in [0.5, 0.6) is 0 Å². The fourth-order valence-corrected chi connectivity index (χ4v) is 3.84. The van der Waals surface area contributed by atoms with Gasteiger partial charge >= 0.3 is 0 Å². The van der Waals surface area contributed by atoms with Gasteiger partial charge in [0.25, 0.3) is 0 Å². The van der Waals surface area contributed by atoms with Gasteiger partial charge in [0.1, 0.15) is 11.5 Å². The van der Waals surface area contributed by atoms with Crippen molar-refractivity contribution in [3.8, 4) is 11.4 Å². The molecule has 8 heteroatoms. The first-order valence-electron chi connectivity index (χ1n) is 7.62. The van der Waals surface area contributed by atoms with E-state index in [1.165, 1.54) is 10.6 Å². The summed E-state index contributed by atoms with van der Waals surface area (Å²) in [5.41, 5.74) is 2.52. The molecule has 0 spiro atoms. The molecule has 0 amide bonds. The Morgan fingerprint density at radius 3 is 2.70 bits per heavy atom. The molecule has 0 radical (unpaired) electrons. The first kappa shape index (κ1) is 16.1. The molecule has 2 aromatic heterocycles. The molecule has 0 bridgehead atoms. The third kappa shape index (κ3) is 3.28. The van der Waals surface area contributed by atoms with Gasteiger partial charge in [0.15, 0.2) is 0 Å². The first-order valence-corrected chi connectivity index (χ1v) is 9.47. The third-order valence-electron chi connectivity index (χ3n) is 4.41. The summed E-state index contributed by atoms with van der Waals surface area (Å²) in [5, 5.41) is 0. The van der Waals surface area contributed by atoms with Crippen molar-refractivity contribution in [2.45, 2.75) is 25.7 Å². The highest BCUT2D eigenvalue weighted by Crippen LogP contribution is 2.28. The Labute approximate surface area is 136 Å². The van der Waals surface area contributed by atoms with E-state index >= 15 is 0 Å². The molecular weight excluding hydrogens is 314 g/mol. The lowest BCUT2D eigenvalue weighted by Gasteiger charge is -2.30. The van der Waals surface area contributed by atoms with Crippen LogP contribution in [0.25, 0.3) is 11.4 Å². The number of rotatable bonds is 3. The summed E-state index contributed by atoms with van der Waals surface area (Å²) in [4.78, 5) is 13.3. The summed E-state index contributed by atoms with van der Waals surface area (Å²) < 4.78 is 27.1. The number of piperidine rings is 1. The Bertz CT molecular complexity index is 815. The van der Waals surface area contributed by atoms with Crippen molar-refractivity contribution in [2.24, 2.45) is 7.05 Å². The van der Waals surface area contributed by atoms with Crippen molar-refractivity contribution in [2.75, 3.05) is 19.3 Å². The molecule has 1 aliphatic heterocycles. The van der Waals surface area contributed by atoms with E-state index in [4.69, 9.17) is 4.98 Å². The van der Waals surface area contributed by atoms with E-state index in [1.54, 1.807) is 18.6 Å². The van der Waals surface area contributed by atoms with Crippen LogP contribution in [0, 0.1) is 6.92 Å². The number of nitrogens with zero attached hydrogens (tertiary/aromatic N) is 5. The SMILES string of the molecule is Cc1ncc(-c2cncc([C@@H]3CCCN(S(C)(=O)=O)C3)n2)n1C. The predicted molar refractivity (Wildman–Crippen MR) is 87.4 cm³/mol. The maximum atomic E-state index is 11.8. The van der Waals surface area contributed by atoms with Crippen molar-refractivity contribution in [3.63, 3.8) is 0 Å². The number of sulfonamides is 1. The van der Waals surface area contributed by atoms with Crippen LogP contribution in [0.15, 0.2) is 18.6 Å². The van der Waals surface area contributed by atoms with Crippen molar-refractivity contribution < 1.29 is 8.42 Å². The number of hydrogen-bond donors (Lipinski definition) is 0. The summed E-state index contributed by atoms with van der Waals surface area (Å²) in [5.74, 6) is 0.994. The number of imidazole rings is 1. The lowest BCUT2D eigenvalue weighted by Crippen LogP contribution is -2.38. The lowest BCUT2D eigenvalue weighted by molar-refractivity contribution is 0.314. The van der Waals surface area contributed by atoms with Gasteiger partial charge in [-0.15, -0.1) is 0 Å². The molecule has 124 valence electrons. The van der Waals surface area contributed by atoms with Crippen LogP contribution in [0.3, 0.4) is 0 Å². The highest BCUT2D eigenvalue weighted by molar-refractivity contribution is 7.88. The monoisotopic (exact) mass is 335 g/mol. The minimum Gasteiger partial charge on any atom is -0.330 e. The van der Waals surface area contributed by atoms with Gasteiger partial charge in [-0.05, 0) is 19.8 Å². The zero-order valence-corrected chi connectivity index (χ0v) is 14.4. The van der Waals surface area contributed by atoms with Crippen LogP contribution in [0.4, 0.5) is 0 Å². The topological polar surface area (TPSA) is 81.0 Å². The summed E-state index contributed by atoms with van der Waals surface area (Å²) in [6, 6.07) is 0. The zero-order valence-electron chi connectivity index (χ0n) is 13.6. The Kier molecular flexibility index (Phi) is 4.20. The summed E-state index contributed by atoms with van der Waals surface area (Å²) in [6.07, 6.45) is 8.27. The third-order valence-corrected chi connectivity index (χ3v) is 5.68. The van der Waals surface area contributed by atoms with Crippen LogP contribution >= 0.6 is 0 Å². The second-order valence-corrected chi connectivity index (χ2v) is 8.02. The normalized spacial score (nSPS) is 19.9. The molecule has 0 unspecified atom stereocenters. The van der Waals surface area contributed by atoms with Gasteiger partial charge in [-0.2, -0.15) is 0 Å². The second-order valence-electron chi connectivity index (χ2n) is 6.04. The molecular formula is C15H21N5O2S. The quantitative estimate of drug-likeness (QED) is 0.845. The smallest absolute Gasteiger partial charge is 0.211 e. The minimum absolute atomic E-state index is 0.0836. The van der Waals surface area contributed by atoms with Crippen LogP contribution in [0.2, 0.25) is 0 Å². The van der Waals surface area contributed by atoms with Crippen LogP contribution in [-0.2, 0) is 17.1 Å². The largest absolute Gasteiger partial charge is 0.330 e. The van der Waals surface area contributed by atoms with E-state index in [-0.39, 0.29) is 5.92 Å². The van der Waals surface area contributed by atoms with Crippen molar-refractivity contribution in [1.29, 1.82) is 0 Å². The molecule has 7 nitrogen and oxygen atoms in total.